The van der Waals surface area contributed by atoms with E-state index in [0.29, 0.717) is 17.1 Å². The lowest BCUT2D eigenvalue weighted by Gasteiger charge is -2.32. The van der Waals surface area contributed by atoms with Gasteiger partial charge in [0.1, 0.15) is 0 Å². The van der Waals surface area contributed by atoms with E-state index >= 15 is 0 Å². The van der Waals surface area contributed by atoms with Crippen molar-refractivity contribution >= 4 is 17.5 Å². The molecule has 0 saturated carbocycles. The van der Waals surface area contributed by atoms with Gasteiger partial charge in [-0.15, -0.1) is 0 Å². The number of nitrogens with one attached hydrogen (secondary N) is 1. The molecule has 2 atom stereocenters. The van der Waals surface area contributed by atoms with Crippen LogP contribution in [0.15, 0.2) is 12.4 Å². The van der Waals surface area contributed by atoms with Gasteiger partial charge < -0.3 is 10.2 Å². The third kappa shape index (κ3) is 1.79. The molecule has 5 heteroatoms. The summed E-state index contributed by atoms with van der Waals surface area (Å²) in [6.07, 6.45) is 5.87. The van der Waals surface area contributed by atoms with E-state index in [1.54, 1.807) is 12.4 Å². The maximum Gasteiger partial charge on any atom is 0.225 e. The van der Waals surface area contributed by atoms with Crippen molar-refractivity contribution in [2.45, 2.75) is 24.9 Å². The number of aromatic nitrogens is 2. The van der Waals surface area contributed by atoms with Gasteiger partial charge in [-0.3, -0.25) is 0 Å². The molecule has 2 unspecified atom stereocenters. The van der Waals surface area contributed by atoms with Gasteiger partial charge in [0.05, 0.1) is 17.4 Å². The van der Waals surface area contributed by atoms with Gasteiger partial charge in [-0.2, -0.15) is 0 Å². The van der Waals surface area contributed by atoms with Crippen molar-refractivity contribution in [3.05, 3.63) is 17.4 Å². The Morgan fingerprint density at radius 3 is 2.40 bits per heavy atom. The molecule has 0 spiro atoms. The van der Waals surface area contributed by atoms with Crippen LogP contribution in [0.5, 0.6) is 0 Å². The highest BCUT2D eigenvalue weighted by atomic mass is 35.5. The molecule has 2 saturated heterocycles. The van der Waals surface area contributed by atoms with Gasteiger partial charge in [-0.05, 0) is 12.8 Å². The van der Waals surface area contributed by atoms with Gasteiger partial charge in [0.25, 0.3) is 0 Å². The van der Waals surface area contributed by atoms with Crippen LogP contribution in [0.3, 0.4) is 0 Å². The third-order valence-electron chi connectivity index (χ3n) is 3.11. The molecular formula is C10H13ClN4. The average Bonchev–Trinajstić information content (AvgIpc) is 2.59. The van der Waals surface area contributed by atoms with E-state index in [1.165, 1.54) is 12.8 Å². The smallest absolute Gasteiger partial charge is 0.225 e. The normalized spacial score (nSPS) is 29.5. The summed E-state index contributed by atoms with van der Waals surface area (Å²) < 4.78 is 0. The summed E-state index contributed by atoms with van der Waals surface area (Å²) in [6.45, 7) is 2.02. The second kappa shape index (κ2) is 3.61. The highest BCUT2D eigenvalue weighted by Crippen LogP contribution is 2.22. The summed E-state index contributed by atoms with van der Waals surface area (Å²) in [6, 6.07) is 1.23. The van der Waals surface area contributed by atoms with Crippen LogP contribution in [-0.2, 0) is 0 Å². The maximum atomic E-state index is 5.76. The Hall–Kier alpha value is -0.870. The molecule has 0 radical (unpaired) electrons. The van der Waals surface area contributed by atoms with Crippen LogP contribution in [0, 0.1) is 0 Å². The number of anilines is 1. The number of rotatable bonds is 1. The van der Waals surface area contributed by atoms with E-state index in [0.717, 1.165) is 19.0 Å². The first kappa shape index (κ1) is 9.36. The van der Waals surface area contributed by atoms with Gasteiger partial charge in [0.15, 0.2) is 0 Å². The minimum absolute atomic E-state index is 0.594. The molecule has 4 nitrogen and oxygen atoms in total. The van der Waals surface area contributed by atoms with Crippen LogP contribution in [0.2, 0.25) is 5.02 Å². The zero-order chi connectivity index (χ0) is 10.3. The molecule has 2 fully saturated rings. The number of nitrogens with zero attached hydrogens (tertiary/aromatic N) is 3. The number of hydrogen-bond donors (Lipinski definition) is 1. The molecule has 1 aromatic heterocycles. The van der Waals surface area contributed by atoms with Gasteiger partial charge in [0, 0.05) is 25.2 Å². The summed E-state index contributed by atoms with van der Waals surface area (Å²) in [7, 11) is 0. The molecule has 0 aromatic carbocycles. The Kier molecular flexibility index (Phi) is 2.25. The number of halogens is 1. The highest BCUT2D eigenvalue weighted by Gasteiger charge is 2.32. The molecule has 2 aliphatic rings. The van der Waals surface area contributed by atoms with Crippen LogP contribution in [-0.4, -0.2) is 35.1 Å². The summed E-state index contributed by atoms with van der Waals surface area (Å²) in [5.74, 6) is 0.804. The van der Waals surface area contributed by atoms with Gasteiger partial charge in [0.2, 0.25) is 5.95 Å². The Morgan fingerprint density at radius 1 is 1.20 bits per heavy atom. The Labute approximate surface area is 93.7 Å². The molecule has 3 rings (SSSR count). The van der Waals surface area contributed by atoms with Crippen molar-refractivity contribution < 1.29 is 0 Å². The third-order valence-corrected chi connectivity index (χ3v) is 3.30. The summed E-state index contributed by atoms with van der Waals surface area (Å²) in [5.41, 5.74) is 0. The van der Waals surface area contributed by atoms with Crippen molar-refractivity contribution in [2.24, 2.45) is 0 Å². The van der Waals surface area contributed by atoms with Crippen LogP contribution in [0.4, 0.5) is 5.95 Å². The first-order valence-electron chi connectivity index (χ1n) is 5.30. The van der Waals surface area contributed by atoms with Crippen LogP contribution < -0.4 is 10.2 Å². The average molecular weight is 225 g/mol. The van der Waals surface area contributed by atoms with Crippen molar-refractivity contribution in [3.8, 4) is 0 Å². The predicted octanol–water partition coefficient (Wildman–Crippen LogP) is 1.07. The zero-order valence-electron chi connectivity index (χ0n) is 8.36. The first-order chi connectivity index (χ1) is 7.31. The molecular weight excluding hydrogens is 212 g/mol. The van der Waals surface area contributed by atoms with E-state index in [-0.39, 0.29) is 0 Å². The summed E-state index contributed by atoms with van der Waals surface area (Å²) >= 11 is 5.76. The number of piperazine rings is 1. The van der Waals surface area contributed by atoms with Crippen molar-refractivity contribution in [1.29, 1.82) is 0 Å². The fraction of sp³-hybridized carbons (Fsp3) is 0.600. The molecule has 2 bridgehead atoms. The largest absolute Gasteiger partial charge is 0.338 e. The van der Waals surface area contributed by atoms with E-state index < -0.39 is 0 Å². The number of fused-ring (bicyclic) bond motifs is 2. The summed E-state index contributed by atoms with van der Waals surface area (Å²) in [5, 5.41) is 4.17. The SMILES string of the molecule is Clc1cnc(N2CC3CCC(C2)N3)nc1. The molecule has 0 aliphatic carbocycles. The minimum atomic E-state index is 0.594. The van der Waals surface area contributed by atoms with Crippen LogP contribution in [0.25, 0.3) is 0 Å². The molecule has 15 heavy (non-hydrogen) atoms. The minimum Gasteiger partial charge on any atom is -0.338 e. The molecule has 1 aromatic rings. The first-order valence-corrected chi connectivity index (χ1v) is 5.67. The van der Waals surface area contributed by atoms with Crippen LogP contribution >= 0.6 is 11.6 Å². The van der Waals surface area contributed by atoms with Gasteiger partial charge >= 0.3 is 0 Å². The quantitative estimate of drug-likeness (QED) is 0.775. The second-order valence-corrected chi connectivity index (χ2v) is 4.68. The van der Waals surface area contributed by atoms with Crippen molar-refractivity contribution in [2.75, 3.05) is 18.0 Å². The van der Waals surface area contributed by atoms with Gasteiger partial charge in [-0.25, -0.2) is 9.97 Å². The zero-order valence-corrected chi connectivity index (χ0v) is 9.11. The second-order valence-electron chi connectivity index (χ2n) is 4.24. The Bertz CT molecular complexity index is 341. The Morgan fingerprint density at radius 2 is 1.80 bits per heavy atom. The topological polar surface area (TPSA) is 41.1 Å². The fourth-order valence-corrected chi connectivity index (χ4v) is 2.53. The van der Waals surface area contributed by atoms with Crippen LogP contribution in [0.1, 0.15) is 12.8 Å². The van der Waals surface area contributed by atoms with Crippen molar-refractivity contribution in [3.63, 3.8) is 0 Å². The molecule has 3 heterocycles. The Balaban J connectivity index is 1.80. The lowest BCUT2D eigenvalue weighted by molar-refractivity contribution is 0.460. The predicted molar refractivity (Wildman–Crippen MR) is 59.2 cm³/mol. The molecule has 2 aliphatic heterocycles. The van der Waals surface area contributed by atoms with E-state index in [1.807, 2.05) is 0 Å². The lowest BCUT2D eigenvalue weighted by atomic mass is 10.2. The fourth-order valence-electron chi connectivity index (χ4n) is 2.43. The molecule has 1 N–H and O–H groups in total. The lowest BCUT2D eigenvalue weighted by Crippen LogP contribution is -2.51. The standard InChI is InChI=1S/C10H13ClN4/c11-7-3-12-10(13-4-7)15-5-8-1-2-9(6-15)14-8/h3-4,8-9,14H,1-2,5-6H2. The maximum absolute atomic E-state index is 5.76. The highest BCUT2D eigenvalue weighted by molar-refractivity contribution is 6.30. The van der Waals surface area contributed by atoms with Crippen molar-refractivity contribution in [1.82, 2.24) is 15.3 Å². The van der Waals surface area contributed by atoms with E-state index in [2.05, 4.69) is 20.2 Å². The molecule has 80 valence electrons. The van der Waals surface area contributed by atoms with E-state index in [9.17, 15) is 0 Å². The number of hydrogen-bond acceptors (Lipinski definition) is 4. The summed E-state index contributed by atoms with van der Waals surface area (Å²) in [4.78, 5) is 10.8. The molecule has 0 amide bonds. The van der Waals surface area contributed by atoms with Gasteiger partial charge in [-0.1, -0.05) is 11.6 Å². The van der Waals surface area contributed by atoms with E-state index in [4.69, 9.17) is 11.6 Å². The monoisotopic (exact) mass is 224 g/mol.